The van der Waals surface area contributed by atoms with Crippen molar-refractivity contribution in [3.05, 3.63) is 16.7 Å². The van der Waals surface area contributed by atoms with Crippen molar-refractivity contribution >= 4 is 28.6 Å². The molecule has 0 atom stereocenters. The number of aromatic hydroxyl groups is 1. The van der Waals surface area contributed by atoms with Gasteiger partial charge in [-0.1, -0.05) is 0 Å². The highest BCUT2D eigenvalue weighted by atomic mass is 79.9. The van der Waals surface area contributed by atoms with Crippen LogP contribution in [-0.4, -0.2) is 28.4 Å². The van der Waals surface area contributed by atoms with E-state index in [9.17, 15) is 5.11 Å². The highest BCUT2D eigenvalue weighted by Crippen LogP contribution is 2.36. The molecule has 0 aromatic carbocycles. The lowest BCUT2D eigenvalue weighted by Gasteiger charge is -2.32. The quantitative estimate of drug-likeness (QED) is 0.804. The number of nitrogens with zero attached hydrogens (tertiary/aromatic N) is 1. The van der Waals surface area contributed by atoms with Gasteiger partial charge in [-0.3, -0.25) is 4.98 Å². The van der Waals surface area contributed by atoms with Crippen LogP contribution in [0.15, 0.2) is 16.7 Å². The molecule has 0 amide bonds. The Kier molecular flexibility index (Phi) is 3.00. The highest BCUT2D eigenvalue weighted by molar-refractivity contribution is 9.10. The second-order valence-corrected chi connectivity index (χ2v) is 6.00. The number of rotatable bonds is 1. The van der Waals surface area contributed by atoms with Gasteiger partial charge in [-0.05, 0) is 49.7 Å². The molecule has 0 aliphatic carbocycles. The first-order chi connectivity index (χ1) is 7.73. The van der Waals surface area contributed by atoms with Gasteiger partial charge in [-0.15, -0.1) is 0 Å². The van der Waals surface area contributed by atoms with Crippen LogP contribution in [0.2, 0.25) is 0 Å². The molecule has 0 radical (unpaired) electrons. The predicted molar refractivity (Wildman–Crippen MR) is 69.3 cm³/mol. The van der Waals surface area contributed by atoms with Gasteiger partial charge in [0.2, 0.25) is 0 Å². The Morgan fingerprint density at radius 3 is 2.24 bits per heavy atom. The molecule has 1 aliphatic rings. The number of halogens is 1. The average Bonchev–Trinajstić information content (AvgIpc) is 2.35. The van der Waals surface area contributed by atoms with Crippen LogP contribution in [0.4, 0.5) is 0 Å². The number of pyridine rings is 1. The Hall–Kier alpha value is -0.585. The maximum absolute atomic E-state index is 9.31. The standard InChI is InChI=1S/C11H15BBrNO3/c1-10(2)11(3,4)17-12(16-10)9-8(13)5-7(15)6-14-9/h5-6,15H,1-4H3. The molecule has 1 N–H and O–H groups in total. The van der Waals surface area contributed by atoms with E-state index in [0.717, 1.165) is 0 Å². The van der Waals surface area contributed by atoms with E-state index >= 15 is 0 Å². The van der Waals surface area contributed by atoms with Crippen LogP contribution in [0.3, 0.4) is 0 Å². The highest BCUT2D eigenvalue weighted by Gasteiger charge is 2.52. The number of hydrogen-bond donors (Lipinski definition) is 1. The van der Waals surface area contributed by atoms with Crippen molar-refractivity contribution in [1.82, 2.24) is 4.98 Å². The average molecular weight is 300 g/mol. The molecular weight excluding hydrogens is 285 g/mol. The minimum atomic E-state index is -0.519. The molecule has 4 nitrogen and oxygen atoms in total. The summed E-state index contributed by atoms with van der Waals surface area (Å²) in [4.78, 5) is 4.14. The topological polar surface area (TPSA) is 51.6 Å². The smallest absolute Gasteiger partial charge is 0.506 e. The molecule has 2 rings (SSSR count). The summed E-state index contributed by atoms with van der Waals surface area (Å²) in [6, 6.07) is 1.58. The third kappa shape index (κ3) is 2.21. The Morgan fingerprint density at radius 2 is 1.76 bits per heavy atom. The minimum absolute atomic E-state index is 0.108. The Morgan fingerprint density at radius 1 is 1.24 bits per heavy atom. The SMILES string of the molecule is CC1(C)OB(c2ncc(O)cc2Br)OC1(C)C. The molecule has 0 saturated carbocycles. The van der Waals surface area contributed by atoms with Crippen LogP contribution in [0.5, 0.6) is 5.75 Å². The van der Waals surface area contributed by atoms with Gasteiger partial charge in [0, 0.05) is 4.47 Å². The monoisotopic (exact) mass is 299 g/mol. The second kappa shape index (κ2) is 3.97. The van der Waals surface area contributed by atoms with Crippen LogP contribution >= 0.6 is 15.9 Å². The van der Waals surface area contributed by atoms with Gasteiger partial charge in [0.15, 0.2) is 0 Å². The molecule has 17 heavy (non-hydrogen) atoms. The summed E-state index contributed by atoms with van der Waals surface area (Å²) in [6.07, 6.45) is 1.38. The van der Waals surface area contributed by atoms with E-state index in [-0.39, 0.29) is 5.75 Å². The molecule has 1 fully saturated rings. The zero-order valence-electron chi connectivity index (χ0n) is 10.3. The van der Waals surface area contributed by atoms with Crippen molar-refractivity contribution in [1.29, 1.82) is 0 Å². The Labute approximate surface area is 110 Å². The zero-order valence-corrected chi connectivity index (χ0v) is 11.9. The molecule has 0 bridgehead atoms. The third-order valence-corrected chi connectivity index (χ3v) is 3.97. The Balaban J connectivity index is 2.32. The summed E-state index contributed by atoms with van der Waals surface area (Å²) in [6.45, 7) is 7.95. The van der Waals surface area contributed by atoms with Gasteiger partial charge in [0.25, 0.3) is 0 Å². The van der Waals surface area contributed by atoms with Gasteiger partial charge < -0.3 is 14.4 Å². The molecular formula is C11H15BBrNO3. The van der Waals surface area contributed by atoms with Crippen molar-refractivity contribution in [2.45, 2.75) is 38.9 Å². The van der Waals surface area contributed by atoms with Crippen LogP contribution in [0.1, 0.15) is 27.7 Å². The fraction of sp³-hybridized carbons (Fsp3) is 0.545. The minimum Gasteiger partial charge on any atom is -0.506 e. The van der Waals surface area contributed by atoms with Crippen LogP contribution in [0.25, 0.3) is 0 Å². The zero-order chi connectivity index (χ0) is 12.8. The summed E-state index contributed by atoms with van der Waals surface area (Å²) in [7, 11) is -0.519. The molecule has 6 heteroatoms. The van der Waals surface area contributed by atoms with Gasteiger partial charge in [-0.25, -0.2) is 0 Å². The lowest BCUT2D eigenvalue weighted by atomic mass is 9.84. The molecule has 0 unspecified atom stereocenters. The van der Waals surface area contributed by atoms with Crippen molar-refractivity contribution in [3.8, 4) is 5.75 Å². The molecule has 1 aromatic heterocycles. The normalized spacial score (nSPS) is 21.8. The van der Waals surface area contributed by atoms with E-state index < -0.39 is 18.3 Å². The third-order valence-electron chi connectivity index (χ3n) is 3.33. The van der Waals surface area contributed by atoms with Crippen LogP contribution in [-0.2, 0) is 9.31 Å². The lowest BCUT2D eigenvalue weighted by Crippen LogP contribution is -2.41. The summed E-state index contributed by atoms with van der Waals surface area (Å²) in [5.41, 5.74) is -0.144. The van der Waals surface area contributed by atoms with E-state index in [1.807, 2.05) is 27.7 Å². The lowest BCUT2D eigenvalue weighted by molar-refractivity contribution is 0.00578. The maximum atomic E-state index is 9.31. The summed E-state index contributed by atoms with van der Waals surface area (Å²) >= 11 is 3.35. The van der Waals surface area contributed by atoms with E-state index in [4.69, 9.17) is 9.31 Å². The van der Waals surface area contributed by atoms with E-state index in [2.05, 4.69) is 20.9 Å². The number of hydrogen-bond acceptors (Lipinski definition) is 4. The van der Waals surface area contributed by atoms with Gasteiger partial charge in [0.1, 0.15) is 5.75 Å². The molecule has 1 aliphatic heterocycles. The first-order valence-corrected chi connectivity index (χ1v) is 6.22. The summed E-state index contributed by atoms with van der Waals surface area (Å²) in [5.74, 6) is 0.108. The van der Waals surface area contributed by atoms with Crippen molar-refractivity contribution in [2.75, 3.05) is 0 Å². The Bertz CT molecular complexity index is 434. The molecule has 92 valence electrons. The van der Waals surface area contributed by atoms with Gasteiger partial charge >= 0.3 is 7.12 Å². The molecule has 1 aromatic rings. The maximum Gasteiger partial charge on any atom is 0.515 e. The first-order valence-electron chi connectivity index (χ1n) is 5.43. The van der Waals surface area contributed by atoms with E-state index in [1.54, 1.807) is 6.07 Å². The van der Waals surface area contributed by atoms with Crippen LogP contribution in [0, 0.1) is 0 Å². The van der Waals surface area contributed by atoms with Crippen molar-refractivity contribution in [2.24, 2.45) is 0 Å². The summed E-state index contributed by atoms with van der Waals surface area (Å²) < 4.78 is 12.4. The second-order valence-electron chi connectivity index (χ2n) is 5.15. The molecule has 2 heterocycles. The first kappa shape index (κ1) is 12.9. The van der Waals surface area contributed by atoms with Crippen molar-refractivity contribution in [3.63, 3.8) is 0 Å². The fourth-order valence-electron chi connectivity index (χ4n) is 1.57. The van der Waals surface area contributed by atoms with Gasteiger partial charge in [0.05, 0.1) is 23.0 Å². The largest absolute Gasteiger partial charge is 0.515 e. The summed E-state index contributed by atoms with van der Waals surface area (Å²) in [5, 5.41) is 9.31. The van der Waals surface area contributed by atoms with Crippen molar-refractivity contribution < 1.29 is 14.4 Å². The van der Waals surface area contributed by atoms with Gasteiger partial charge in [-0.2, -0.15) is 0 Å². The van der Waals surface area contributed by atoms with E-state index in [1.165, 1.54) is 6.20 Å². The predicted octanol–water partition coefficient (Wildman–Crippen LogP) is 1.85. The van der Waals surface area contributed by atoms with Crippen LogP contribution < -0.4 is 5.59 Å². The fourth-order valence-corrected chi connectivity index (χ4v) is 2.09. The van der Waals surface area contributed by atoms with E-state index in [0.29, 0.717) is 10.1 Å². The number of aromatic nitrogens is 1. The molecule has 0 spiro atoms. The molecule has 1 saturated heterocycles.